The molecule has 4 amide bonds. The minimum atomic E-state index is -0.886. The molecule has 9 heteroatoms. The zero-order valence-corrected chi connectivity index (χ0v) is 15.2. The number of rotatable bonds is 6. The molecule has 3 rings (SSSR count). The van der Waals surface area contributed by atoms with E-state index < -0.39 is 17.5 Å². The number of nitrogens with one attached hydrogen (secondary N) is 3. The van der Waals surface area contributed by atoms with Crippen molar-refractivity contribution in [1.82, 2.24) is 25.3 Å². The average molecular weight is 362 g/mol. The number of urea groups is 1. The summed E-state index contributed by atoms with van der Waals surface area (Å²) >= 11 is 0. The summed E-state index contributed by atoms with van der Waals surface area (Å²) in [4.78, 5) is 39.0. The largest absolute Gasteiger partial charge is 0.325 e. The number of carbonyl (C=O) groups excluding carboxylic acids is 3. The standard InChI is InChI=1S/C17H26N6O3/c1-3-6-17(12-4-7-18-8-5-12)15(25)23(16(26)21-17)11-14(24)20-13-9-19-22(2)10-13/h9-10,12,18H,3-8,11H2,1-2H3,(H,20,24)(H,21,26)/t17-/m1/s1. The van der Waals surface area contributed by atoms with Gasteiger partial charge in [-0.15, -0.1) is 0 Å². The maximum absolute atomic E-state index is 13.1. The van der Waals surface area contributed by atoms with Crippen LogP contribution in [0.15, 0.2) is 12.4 Å². The predicted octanol–water partition coefficient (Wildman–Crippen LogP) is 0.449. The zero-order chi connectivity index (χ0) is 18.7. The normalized spacial score (nSPS) is 24.0. The highest BCUT2D eigenvalue weighted by Crippen LogP contribution is 2.35. The van der Waals surface area contributed by atoms with Gasteiger partial charge in [-0.1, -0.05) is 13.3 Å². The second kappa shape index (κ2) is 7.45. The molecule has 142 valence electrons. The summed E-state index contributed by atoms with van der Waals surface area (Å²) < 4.78 is 1.56. The number of hydrogen-bond acceptors (Lipinski definition) is 5. The van der Waals surface area contributed by atoms with Crippen LogP contribution in [0.2, 0.25) is 0 Å². The van der Waals surface area contributed by atoms with E-state index in [0.717, 1.165) is 37.3 Å². The molecule has 0 unspecified atom stereocenters. The van der Waals surface area contributed by atoms with Crippen molar-refractivity contribution in [3.05, 3.63) is 12.4 Å². The molecular weight excluding hydrogens is 336 g/mol. The molecular formula is C17H26N6O3. The Bertz CT molecular complexity index is 696. The highest BCUT2D eigenvalue weighted by atomic mass is 16.2. The van der Waals surface area contributed by atoms with Crippen molar-refractivity contribution in [3.63, 3.8) is 0 Å². The quantitative estimate of drug-likeness (QED) is 0.637. The highest BCUT2D eigenvalue weighted by molar-refractivity contribution is 6.10. The Morgan fingerprint density at radius 2 is 2.12 bits per heavy atom. The second-order valence-corrected chi connectivity index (χ2v) is 7.02. The number of nitrogens with zero attached hydrogens (tertiary/aromatic N) is 3. The van der Waals surface area contributed by atoms with Crippen molar-refractivity contribution in [1.29, 1.82) is 0 Å². The molecule has 0 radical (unpaired) electrons. The smallest absolute Gasteiger partial charge is 0.323 e. The maximum atomic E-state index is 13.1. The van der Waals surface area contributed by atoms with Crippen LogP contribution >= 0.6 is 0 Å². The van der Waals surface area contributed by atoms with E-state index in [1.165, 1.54) is 6.20 Å². The lowest BCUT2D eigenvalue weighted by atomic mass is 9.75. The summed E-state index contributed by atoms with van der Waals surface area (Å²) in [5, 5.41) is 12.9. The third kappa shape index (κ3) is 3.44. The molecule has 1 atom stereocenters. The van der Waals surface area contributed by atoms with E-state index in [-0.39, 0.29) is 18.4 Å². The third-order valence-electron chi connectivity index (χ3n) is 5.17. The van der Waals surface area contributed by atoms with Crippen LogP contribution in [-0.2, 0) is 16.6 Å². The summed E-state index contributed by atoms with van der Waals surface area (Å²) in [6, 6.07) is -0.483. The molecule has 26 heavy (non-hydrogen) atoms. The third-order valence-corrected chi connectivity index (χ3v) is 5.17. The minimum absolute atomic E-state index is 0.0894. The van der Waals surface area contributed by atoms with Crippen LogP contribution in [-0.4, -0.2) is 57.7 Å². The number of hydrogen-bond donors (Lipinski definition) is 3. The molecule has 2 fully saturated rings. The van der Waals surface area contributed by atoms with Crippen LogP contribution < -0.4 is 16.0 Å². The van der Waals surface area contributed by atoms with Gasteiger partial charge in [0.05, 0.1) is 11.9 Å². The van der Waals surface area contributed by atoms with Crippen molar-refractivity contribution in [2.45, 2.75) is 38.1 Å². The predicted molar refractivity (Wildman–Crippen MR) is 95.3 cm³/mol. The number of piperidine rings is 1. The van der Waals surface area contributed by atoms with Gasteiger partial charge in [0.2, 0.25) is 5.91 Å². The van der Waals surface area contributed by atoms with Crippen molar-refractivity contribution in [2.75, 3.05) is 25.0 Å². The van der Waals surface area contributed by atoms with E-state index in [4.69, 9.17) is 0 Å². The molecule has 0 aromatic carbocycles. The van der Waals surface area contributed by atoms with Gasteiger partial charge in [-0.05, 0) is 38.3 Å². The lowest BCUT2D eigenvalue weighted by Gasteiger charge is -2.37. The van der Waals surface area contributed by atoms with Crippen molar-refractivity contribution < 1.29 is 14.4 Å². The van der Waals surface area contributed by atoms with Crippen LogP contribution in [0.1, 0.15) is 32.6 Å². The summed E-state index contributed by atoms with van der Waals surface area (Å²) in [5.74, 6) is -0.608. The molecule has 2 aliphatic rings. The highest BCUT2D eigenvalue weighted by Gasteiger charge is 2.55. The van der Waals surface area contributed by atoms with Crippen LogP contribution in [0, 0.1) is 5.92 Å². The zero-order valence-electron chi connectivity index (χ0n) is 15.2. The van der Waals surface area contributed by atoms with Crippen LogP contribution in [0.5, 0.6) is 0 Å². The number of aromatic nitrogens is 2. The lowest BCUT2D eigenvalue weighted by Crippen LogP contribution is -2.55. The maximum Gasteiger partial charge on any atom is 0.325 e. The van der Waals surface area contributed by atoms with E-state index in [1.807, 2.05) is 6.92 Å². The lowest BCUT2D eigenvalue weighted by molar-refractivity contribution is -0.136. The molecule has 3 N–H and O–H groups in total. The first kappa shape index (κ1) is 18.4. The Balaban J connectivity index is 1.72. The SMILES string of the molecule is CCC[C@]1(C2CCNCC2)NC(=O)N(CC(=O)Nc2cnn(C)c2)C1=O. The van der Waals surface area contributed by atoms with Crippen molar-refractivity contribution >= 4 is 23.5 Å². The van der Waals surface area contributed by atoms with Gasteiger partial charge in [0.1, 0.15) is 12.1 Å². The fourth-order valence-electron chi connectivity index (χ4n) is 3.98. The van der Waals surface area contributed by atoms with E-state index in [9.17, 15) is 14.4 Å². The molecule has 0 saturated carbocycles. The first-order valence-corrected chi connectivity index (χ1v) is 9.09. The molecule has 0 aliphatic carbocycles. The van der Waals surface area contributed by atoms with Gasteiger partial charge in [-0.2, -0.15) is 5.10 Å². The fourth-order valence-corrected chi connectivity index (χ4v) is 3.98. The molecule has 1 aromatic heterocycles. The van der Waals surface area contributed by atoms with Crippen molar-refractivity contribution in [2.24, 2.45) is 13.0 Å². The number of anilines is 1. The Hall–Kier alpha value is -2.42. The van der Waals surface area contributed by atoms with Crippen LogP contribution in [0.4, 0.5) is 10.5 Å². The Kier molecular flexibility index (Phi) is 5.26. The first-order chi connectivity index (χ1) is 12.5. The first-order valence-electron chi connectivity index (χ1n) is 9.09. The molecule has 0 bridgehead atoms. The van der Waals surface area contributed by atoms with Crippen LogP contribution in [0.3, 0.4) is 0 Å². The van der Waals surface area contributed by atoms with Gasteiger partial charge >= 0.3 is 6.03 Å². The number of aryl methyl sites for hydroxylation is 1. The Labute approximate surface area is 152 Å². The molecule has 9 nitrogen and oxygen atoms in total. The summed E-state index contributed by atoms with van der Waals surface area (Å²) in [6.07, 6.45) is 6.21. The van der Waals surface area contributed by atoms with Gasteiger partial charge in [-0.3, -0.25) is 19.2 Å². The number of carbonyl (C=O) groups is 3. The summed E-state index contributed by atoms with van der Waals surface area (Å²) in [6.45, 7) is 3.37. The Morgan fingerprint density at radius 3 is 2.73 bits per heavy atom. The number of amides is 4. The topological polar surface area (TPSA) is 108 Å². The molecule has 2 aliphatic heterocycles. The summed E-state index contributed by atoms with van der Waals surface area (Å²) in [5.41, 5.74) is -0.356. The van der Waals surface area contributed by atoms with E-state index in [1.54, 1.807) is 17.9 Å². The van der Waals surface area contributed by atoms with E-state index >= 15 is 0 Å². The van der Waals surface area contributed by atoms with Gasteiger partial charge in [0, 0.05) is 13.2 Å². The van der Waals surface area contributed by atoms with E-state index in [2.05, 4.69) is 21.0 Å². The van der Waals surface area contributed by atoms with Gasteiger partial charge in [0.25, 0.3) is 5.91 Å². The van der Waals surface area contributed by atoms with Gasteiger partial charge < -0.3 is 16.0 Å². The molecule has 3 heterocycles. The molecule has 2 saturated heterocycles. The molecule has 0 spiro atoms. The molecule has 1 aromatic rings. The number of imide groups is 1. The average Bonchev–Trinajstić information content (AvgIpc) is 3.13. The minimum Gasteiger partial charge on any atom is -0.323 e. The fraction of sp³-hybridized carbons (Fsp3) is 0.647. The van der Waals surface area contributed by atoms with E-state index in [0.29, 0.717) is 12.1 Å². The summed E-state index contributed by atoms with van der Waals surface area (Å²) in [7, 11) is 1.74. The van der Waals surface area contributed by atoms with Crippen molar-refractivity contribution in [3.8, 4) is 0 Å². The van der Waals surface area contributed by atoms with Gasteiger partial charge in [0.15, 0.2) is 0 Å². The Morgan fingerprint density at radius 1 is 1.38 bits per heavy atom. The monoisotopic (exact) mass is 362 g/mol. The van der Waals surface area contributed by atoms with Crippen LogP contribution in [0.25, 0.3) is 0 Å². The van der Waals surface area contributed by atoms with Gasteiger partial charge in [-0.25, -0.2) is 4.79 Å². The second-order valence-electron chi connectivity index (χ2n) is 7.02.